The zero-order valence-electron chi connectivity index (χ0n) is 11.0. The van der Waals surface area contributed by atoms with Gasteiger partial charge in [-0.3, -0.25) is 0 Å². The van der Waals surface area contributed by atoms with E-state index in [0.29, 0.717) is 19.6 Å². The van der Waals surface area contributed by atoms with Crippen molar-refractivity contribution in [2.24, 2.45) is 0 Å². The minimum atomic E-state index is -4.19. The molecule has 1 aromatic rings. The van der Waals surface area contributed by atoms with Gasteiger partial charge in [0.05, 0.1) is 0 Å². The summed E-state index contributed by atoms with van der Waals surface area (Å²) in [5, 5.41) is 2.66. The van der Waals surface area contributed by atoms with E-state index in [-0.39, 0.29) is 12.8 Å². The van der Waals surface area contributed by atoms with Crippen molar-refractivity contribution in [1.29, 1.82) is 0 Å². The molecular weight excluding hydrogens is 253 g/mol. The Labute approximate surface area is 111 Å². The smallest absolute Gasteiger partial charge is 0.371 e. The third kappa shape index (κ3) is 2.86. The van der Waals surface area contributed by atoms with Crippen LogP contribution in [0, 0.1) is 0 Å². The first-order valence-corrected chi connectivity index (χ1v) is 6.60. The number of hydrogen-bond acceptors (Lipinski definition) is 2. The Kier molecular flexibility index (Phi) is 4.04. The van der Waals surface area contributed by atoms with Gasteiger partial charge in [-0.05, 0) is 31.5 Å². The summed E-state index contributed by atoms with van der Waals surface area (Å²) < 4.78 is 39.7. The van der Waals surface area contributed by atoms with E-state index in [0.717, 1.165) is 5.69 Å². The Balaban J connectivity index is 2.08. The Morgan fingerprint density at radius 1 is 1.16 bits per heavy atom. The van der Waals surface area contributed by atoms with Crippen LogP contribution in [-0.2, 0) is 0 Å². The highest BCUT2D eigenvalue weighted by molar-refractivity contribution is 5.46. The van der Waals surface area contributed by atoms with Gasteiger partial charge in [-0.1, -0.05) is 25.1 Å². The van der Waals surface area contributed by atoms with Crippen molar-refractivity contribution in [3.63, 3.8) is 0 Å². The zero-order valence-corrected chi connectivity index (χ0v) is 11.0. The molecule has 1 aromatic carbocycles. The summed E-state index contributed by atoms with van der Waals surface area (Å²) in [7, 11) is 0. The fraction of sp³-hybridized carbons (Fsp3) is 0.571. The molecule has 0 amide bonds. The largest absolute Gasteiger partial charge is 0.406 e. The summed E-state index contributed by atoms with van der Waals surface area (Å²) in [5.74, 6) is 0. The van der Waals surface area contributed by atoms with Crippen molar-refractivity contribution in [2.75, 3.05) is 24.5 Å². The number of piperidine rings is 1. The summed E-state index contributed by atoms with van der Waals surface area (Å²) in [5.41, 5.74) is -0.720. The maximum atomic E-state index is 13.2. The summed E-state index contributed by atoms with van der Waals surface area (Å²) >= 11 is 0. The molecule has 0 bridgehead atoms. The highest BCUT2D eigenvalue weighted by Gasteiger charge is 2.55. The van der Waals surface area contributed by atoms with Crippen LogP contribution < -0.4 is 10.2 Å². The Hall–Kier alpha value is -1.23. The first-order valence-electron chi connectivity index (χ1n) is 6.60. The molecule has 1 fully saturated rings. The lowest BCUT2D eigenvalue weighted by Gasteiger charge is -2.44. The van der Waals surface area contributed by atoms with Gasteiger partial charge in [-0.2, -0.15) is 13.2 Å². The number of alkyl halides is 3. The lowest BCUT2D eigenvalue weighted by molar-refractivity contribution is -0.202. The fourth-order valence-electron chi connectivity index (χ4n) is 2.68. The van der Waals surface area contributed by atoms with Crippen molar-refractivity contribution in [2.45, 2.75) is 31.5 Å². The number of hydrogen-bond donors (Lipinski definition) is 1. The standard InChI is InChI=1S/C14H19F3N2/c1-2-18-13(14(15,16)17)8-10-19(11-9-13)12-6-4-3-5-7-12/h3-7,18H,2,8-11H2,1H3. The lowest BCUT2D eigenvalue weighted by Crippen LogP contribution is -2.62. The van der Waals surface area contributed by atoms with E-state index in [2.05, 4.69) is 5.32 Å². The highest BCUT2D eigenvalue weighted by atomic mass is 19.4. The van der Waals surface area contributed by atoms with Crippen molar-refractivity contribution in [3.8, 4) is 0 Å². The van der Waals surface area contributed by atoms with Gasteiger partial charge >= 0.3 is 6.18 Å². The molecule has 0 unspecified atom stereocenters. The minimum absolute atomic E-state index is 0.0965. The van der Waals surface area contributed by atoms with E-state index < -0.39 is 11.7 Å². The van der Waals surface area contributed by atoms with Crippen LogP contribution in [0.1, 0.15) is 19.8 Å². The number of nitrogens with zero attached hydrogens (tertiary/aromatic N) is 1. The SMILES string of the molecule is CCNC1(C(F)(F)F)CCN(c2ccccc2)CC1. The maximum absolute atomic E-state index is 13.2. The Morgan fingerprint density at radius 3 is 2.21 bits per heavy atom. The summed E-state index contributed by atoms with van der Waals surface area (Å²) in [6.45, 7) is 2.91. The summed E-state index contributed by atoms with van der Waals surface area (Å²) in [6, 6.07) is 9.60. The maximum Gasteiger partial charge on any atom is 0.406 e. The van der Waals surface area contributed by atoms with Crippen LogP contribution >= 0.6 is 0 Å². The van der Waals surface area contributed by atoms with Crippen molar-refractivity contribution in [1.82, 2.24) is 5.32 Å². The molecule has 5 heteroatoms. The zero-order chi connectivity index (χ0) is 13.9. The second-order valence-corrected chi connectivity index (χ2v) is 4.93. The molecule has 1 N–H and O–H groups in total. The quantitative estimate of drug-likeness (QED) is 0.909. The number of anilines is 1. The summed E-state index contributed by atoms with van der Waals surface area (Å²) in [4.78, 5) is 2.02. The van der Waals surface area contributed by atoms with Crippen molar-refractivity contribution < 1.29 is 13.2 Å². The monoisotopic (exact) mass is 272 g/mol. The molecule has 1 aliphatic heterocycles. The van der Waals surface area contributed by atoms with Crippen LogP contribution in [0.4, 0.5) is 18.9 Å². The number of para-hydroxylation sites is 1. The molecule has 0 spiro atoms. The third-order valence-corrected chi connectivity index (χ3v) is 3.80. The number of halogens is 3. The first kappa shape index (κ1) is 14.2. The second-order valence-electron chi connectivity index (χ2n) is 4.93. The lowest BCUT2D eigenvalue weighted by atomic mass is 9.86. The fourth-order valence-corrected chi connectivity index (χ4v) is 2.68. The van der Waals surface area contributed by atoms with Crippen molar-refractivity contribution in [3.05, 3.63) is 30.3 Å². The van der Waals surface area contributed by atoms with Crippen LogP contribution in [0.3, 0.4) is 0 Å². The van der Waals surface area contributed by atoms with Gasteiger partial charge in [0, 0.05) is 18.8 Å². The van der Waals surface area contributed by atoms with Crippen molar-refractivity contribution >= 4 is 5.69 Å². The third-order valence-electron chi connectivity index (χ3n) is 3.80. The molecule has 19 heavy (non-hydrogen) atoms. The molecule has 2 rings (SSSR count). The molecule has 1 heterocycles. The summed E-state index contributed by atoms with van der Waals surface area (Å²) in [6.07, 6.45) is -4.00. The average Bonchev–Trinajstić information content (AvgIpc) is 2.40. The van der Waals surface area contributed by atoms with Gasteiger partial charge in [-0.15, -0.1) is 0 Å². The molecule has 106 valence electrons. The van der Waals surface area contributed by atoms with Crippen LogP contribution in [0.5, 0.6) is 0 Å². The van der Waals surface area contributed by atoms with Crippen LogP contribution in [0.25, 0.3) is 0 Å². The van der Waals surface area contributed by atoms with Gasteiger partial charge in [0.15, 0.2) is 0 Å². The number of nitrogens with one attached hydrogen (secondary N) is 1. The minimum Gasteiger partial charge on any atom is -0.371 e. The molecule has 0 radical (unpaired) electrons. The molecule has 0 atom stereocenters. The van der Waals surface area contributed by atoms with E-state index in [1.165, 1.54) is 0 Å². The molecule has 1 saturated heterocycles. The van der Waals surface area contributed by atoms with E-state index >= 15 is 0 Å². The van der Waals surface area contributed by atoms with Gasteiger partial charge in [0.2, 0.25) is 0 Å². The molecule has 0 aliphatic carbocycles. The topological polar surface area (TPSA) is 15.3 Å². The first-order chi connectivity index (χ1) is 8.98. The van der Waals surface area contributed by atoms with Gasteiger partial charge in [0.25, 0.3) is 0 Å². The average molecular weight is 272 g/mol. The normalized spacial score (nSPS) is 19.5. The van der Waals surface area contributed by atoms with E-state index in [4.69, 9.17) is 0 Å². The van der Waals surface area contributed by atoms with E-state index in [1.807, 2.05) is 35.2 Å². The van der Waals surface area contributed by atoms with Gasteiger partial charge in [-0.25, -0.2) is 0 Å². The molecule has 0 aromatic heterocycles. The molecule has 0 saturated carbocycles. The van der Waals surface area contributed by atoms with Crippen LogP contribution in [-0.4, -0.2) is 31.3 Å². The molecule has 1 aliphatic rings. The van der Waals surface area contributed by atoms with Crippen LogP contribution in [0.2, 0.25) is 0 Å². The highest BCUT2D eigenvalue weighted by Crippen LogP contribution is 2.39. The van der Waals surface area contributed by atoms with Gasteiger partial charge in [0.1, 0.15) is 5.54 Å². The van der Waals surface area contributed by atoms with E-state index in [1.54, 1.807) is 6.92 Å². The molecule has 2 nitrogen and oxygen atoms in total. The number of rotatable bonds is 3. The second kappa shape index (κ2) is 5.41. The van der Waals surface area contributed by atoms with E-state index in [9.17, 15) is 13.2 Å². The van der Waals surface area contributed by atoms with Gasteiger partial charge < -0.3 is 10.2 Å². The van der Waals surface area contributed by atoms with Crippen LogP contribution in [0.15, 0.2) is 30.3 Å². The Bertz CT molecular complexity index is 395. The predicted molar refractivity (Wildman–Crippen MR) is 70.4 cm³/mol. The number of benzene rings is 1. The molecular formula is C14H19F3N2. The Morgan fingerprint density at radius 2 is 1.74 bits per heavy atom. The predicted octanol–water partition coefficient (Wildman–Crippen LogP) is 3.20.